The van der Waals surface area contributed by atoms with Crippen LogP contribution in [0, 0.1) is 5.82 Å². The largest absolute Gasteiger partial charge is 0.494 e. The molecule has 1 fully saturated rings. The van der Waals surface area contributed by atoms with Crippen molar-refractivity contribution in [2.75, 3.05) is 39.2 Å². The third-order valence-electron chi connectivity index (χ3n) is 5.41. The van der Waals surface area contributed by atoms with Crippen LogP contribution in [0.2, 0.25) is 0 Å². The molecule has 3 heterocycles. The Labute approximate surface area is 162 Å². The predicted molar refractivity (Wildman–Crippen MR) is 108 cm³/mol. The molecule has 1 unspecified atom stereocenters. The second-order valence-corrected chi connectivity index (χ2v) is 7.26. The molecule has 0 bridgehead atoms. The van der Waals surface area contributed by atoms with Crippen molar-refractivity contribution >= 4 is 11.3 Å². The molecule has 0 aliphatic carbocycles. The molecule has 1 aliphatic heterocycles. The Balaban J connectivity index is 1.70. The number of likely N-dealkylation sites (N-methyl/N-ethyl adjacent to an activating group) is 2. The third kappa shape index (κ3) is 3.33. The summed E-state index contributed by atoms with van der Waals surface area (Å²) in [5.41, 5.74) is 2.27. The Kier molecular flexibility index (Phi) is 4.77. The van der Waals surface area contributed by atoms with Gasteiger partial charge in [0.1, 0.15) is 5.65 Å². The zero-order valence-electron chi connectivity index (χ0n) is 16.2. The zero-order chi connectivity index (χ0) is 19.8. The molecule has 0 N–H and O–H groups in total. The summed E-state index contributed by atoms with van der Waals surface area (Å²) in [5, 5.41) is 0. The minimum Gasteiger partial charge on any atom is -0.494 e. The molecule has 4 rings (SSSR count). The van der Waals surface area contributed by atoms with E-state index >= 15 is 0 Å². The average Bonchev–Trinajstić information content (AvgIpc) is 3.13. The number of fused-ring (bicyclic) bond motifs is 1. The molecule has 7 heteroatoms. The van der Waals surface area contributed by atoms with Gasteiger partial charge >= 0.3 is 0 Å². The molecule has 1 aromatic carbocycles. The van der Waals surface area contributed by atoms with Crippen molar-refractivity contribution in [3.8, 4) is 17.0 Å². The molecule has 1 atom stereocenters. The number of halogens is 1. The van der Waals surface area contributed by atoms with Crippen LogP contribution < -0.4 is 15.2 Å². The van der Waals surface area contributed by atoms with Crippen LogP contribution in [0.15, 0.2) is 47.4 Å². The number of aromatic nitrogens is 2. The highest BCUT2D eigenvalue weighted by Gasteiger charge is 2.23. The van der Waals surface area contributed by atoms with E-state index in [0.29, 0.717) is 22.9 Å². The van der Waals surface area contributed by atoms with Gasteiger partial charge in [-0.05, 0) is 50.3 Å². The molecule has 6 nitrogen and oxygen atoms in total. The molecular weight excluding hydrogens is 359 g/mol. The molecule has 3 aromatic rings. The van der Waals surface area contributed by atoms with E-state index < -0.39 is 5.82 Å². The van der Waals surface area contributed by atoms with Crippen LogP contribution in [0.25, 0.3) is 16.9 Å². The summed E-state index contributed by atoms with van der Waals surface area (Å²) in [6.45, 7) is 2.08. The maximum absolute atomic E-state index is 14.0. The Morgan fingerprint density at radius 3 is 2.75 bits per heavy atom. The van der Waals surface area contributed by atoms with Gasteiger partial charge in [-0.3, -0.25) is 9.20 Å². The Bertz CT molecular complexity index is 1080. The van der Waals surface area contributed by atoms with Crippen molar-refractivity contribution in [1.29, 1.82) is 0 Å². The second-order valence-electron chi connectivity index (χ2n) is 7.26. The average molecular weight is 382 g/mol. The fourth-order valence-corrected chi connectivity index (χ4v) is 3.71. The van der Waals surface area contributed by atoms with Crippen LogP contribution in [-0.2, 0) is 0 Å². The number of rotatable bonds is 4. The molecule has 1 aliphatic rings. The molecule has 28 heavy (non-hydrogen) atoms. The van der Waals surface area contributed by atoms with Crippen LogP contribution in [0.3, 0.4) is 0 Å². The minimum absolute atomic E-state index is 0.159. The van der Waals surface area contributed by atoms with Crippen LogP contribution in [0.1, 0.15) is 6.42 Å². The van der Waals surface area contributed by atoms with E-state index in [1.54, 1.807) is 6.07 Å². The summed E-state index contributed by atoms with van der Waals surface area (Å²) in [5.74, 6) is -0.327. The van der Waals surface area contributed by atoms with Gasteiger partial charge in [0.2, 0.25) is 0 Å². The maximum atomic E-state index is 14.0. The quantitative estimate of drug-likeness (QED) is 0.694. The number of likely N-dealkylation sites (tertiary alicyclic amines) is 1. The van der Waals surface area contributed by atoms with Crippen molar-refractivity contribution in [2.24, 2.45) is 0 Å². The molecule has 0 radical (unpaired) electrons. The second kappa shape index (κ2) is 7.24. The first-order chi connectivity index (χ1) is 13.5. The van der Waals surface area contributed by atoms with Gasteiger partial charge in [0.05, 0.1) is 18.5 Å². The van der Waals surface area contributed by atoms with Gasteiger partial charge in [-0.2, -0.15) is 0 Å². The highest BCUT2D eigenvalue weighted by atomic mass is 19.1. The Hall–Kier alpha value is -2.93. The number of nitrogens with zero attached hydrogens (tertiary/aromatic N) is 4. The van der Waals surface area contributed by atoms with Crippen LogP contribution in [0.5, 0.6) is 5.75 Å². The number of hydrogen-bond donors (Lipinski definition) is 0. The van der Waals surface area contributed by atoms with Gasteiger partial charge in [-0.25, -0.2) is 9.37 Å². The monoisotopic (exact) mass is 382 g/mol. The van der Waals surface area contributed by atoms with Gasteiger partial charge in [0.25, 0.3) is 5.56 Å². The van der Waals surface area contributed by atoms with Crippen molar-refractivity contribution < 1.29 is 9.13 Å². The minimum atomic E-state index is -0.486. The van der Waals surface area contributed by atoms with Crippen LogP contribution in [-0.4, -0.2) is 54.6 Å². The third-order valence-corrected chi connectivity index (χ3v) is 5.41. The molecule has 2 aromatic heterocycles. The van der Waals surface area contributed by atoms with E-state index in [9.17, 15) is 9.18 Å². The fourth-order valence-electron chi connectivity index (χ4n) is 3.71. The van der Waals surface area contributed by atoms with Crippen LogP contribution in [0.4, 0.5) is 10.1 Å². The predicted octanol–water partition coefficient (Wildman–Crippen LogP) is 2.65. The Morgan fingerprint density at radius 2 is 2.07 bits per heavy atom. The first-order valence-corrected chi connectivity index (χ1v) is 9.25. The van der Waals surface area contributed by atoms with Crippen LogP contribution >= 0.6 is 0 Å². The first-order valence-electron chi connectivity index (χ1n) is 9.25. The van der Waals surface area contributed by atoms with Gasteiger partial charge < -0.3 is 14.5 Å². The summed E-state index contributed by atoms with van der Waals surface area (Å²) in [4.78, 5) is 21.8. The van der Waals surface area contributed by atoms with E-state index in [2.05, 4.69) is 28.9 Å². The lowest BCUT2D eigenvalue weighted by atomic mass is 10.1. The topological polar surface area (TPSA) is 50.1 Å². The molecule has 0 spiro atoms. The molecule has 1 saturated heterocycles. The van der Waals surface area contributed by atoms with Crippen molar-refractivity contribution in [3.63, 3.8) is 0 Å². The molecular formula is C21H23FN4O2. The van der Waals surface area contributed by atoms with Crippen molar-refractivity contribution in [3.05, 3.63) is 58.8 Å². The number of anilines is 1. The zero-order valence-corrected chi connectivity index (χ0v) is 16.2. The van der Waals surface area contributed by atoms with Gasteiger partial charge in [-0.15, -0.1) is 0 Å². The van der Waals surface area contributed by atoms with E-state index in [-0.39, 0.29) is 11.3 Å². The smallest absolute Gasteiger partial charge is 0.258 e. The number of ether oxygens (including phenoxy) is 1. The van der Waals surface area contributed by atoms with E-state index in [1.165, 1.54) is 29.7 Å². The Morgan fingerprint density at radius 1 is 1.25 bits per heavy atom. The molecule has 0 amide bonds. The lowest BCUT2D eigenvalue weighted by Gasteiger charge is -2.26. The number of benzene rings is 1. The van der Waals surface area contributed by atoms with Gasteiger partial charge in [-0.1, -0.05) is 0 Å². The normalized spacial score (nSPS) is 17.2. The standard InChI is InChI=1S/C21H23FN4O2/c1-24-9-8-16(12-24)25(2)15-5-7-20-23-18(11-21(27)26(20)13-15)14-4-6-19(28-3)17(22)10-14/h4-7,10-11,13,16H,8-9,12H2,1-3H3. The molecule has 146 valence electrons. The summed E-state index contributed by atoms with van der Waals surface area (Å²) in [6.07, 6.45) is 2.92. The number of hydrogen-bond acceptors (Lipinski definition) is 5. The van der Waals surface area contributed by atoms with E-state index in [0.717, 1.165) is 25.2 Å². The summed E-state index contributed by atoms with van der Waals surface area (Å²) in [6, 6.07) is 10.2. The SMILES string of the molecule is COc1ccc(-c2cc(=O)n3cc(N(C)C4CCN(C)C4)ccc3n2)cc1F. The van der Waals surface area contributed by atoms with Gasteiger partial charge in [0.15, 0.2) is 11.6 Å². The summed E-state index contributed by atoms with van der Waals surface area (Å²) < 4.78 is 20.5. The van der Waals surface area contributed by atoms with Gasteiger partial charge in [0, 0.05) is 37.5 Å². The van der Waals surface area contributed by atoms with Crippen molar-refractivity contribution in [2.45, 2.75) is 12.5 Å². The molecule has 0 saturated carbocycles. The summed E-state index contributed by atoms with van der Waals surface area (Å²) in [7, 11) is 5.58. The van der Waals surface area contributed by atoms with E-state index in [1.807, 2.05) is 18.3 Å². The first kappa shape index (κ1) is 18.4. The number of methoxy groups -OCH3 is 1. The summed E-state index contributed by atoms with van der Waals surface area (Å²) >= 11 is 0. The fraction of sp³-hybridized carbons (Fsp3) is 0.333. The lowest BCUT2D eigenvalue weighted by molar-refractivity contribution is 0.386. The van der Waals surface area contributed by atoms with E-state index in [4.69, 9.17) is 4.74 Å². The van der Waals surface area contributed by atoms with Crippen molar-refractivity contribution in [1.82, 2.24) is 14.3 Å². The highest BCUT2D eigenvalue weighted by Crippen LogP contribution is 2.25. The lowest BCUT2D eigenvalue weighted by Crippen LogP contribution is -2.34. The maximum Gasteiger partial charge on any atom is 0.258 e. The highest BCUT2D eigenvalue weighted by molar-refractivity contribution is 5.63. The number of pyridine rings is 1.